The molecule has 0 atom stereocenters. The Morgan fingerprint density at radius 1 is 0.842 bits per heavy atom. The van der Waals surface area contributed by atoms with Crippen LogP contribution < -0.4 is 0 Å². The molecule has 0 saturated carbocycles. The highest BCUT2D eigenvalue weighted by Crippen LogP contribution is 2.33. The fraction of sp³-hybridized carbons (Fsp3) is 0.0625. The van der Waals surface area contributed by atoms with Gasteiger partial charge in [0, 0.05) is 11.1 Å². The molecular formula is C16H12NOS. The van der Waals surface area contributed by atoms with Crippen molar-refractivity contribution in [1.82, 2.24) is 4.98 Å². The standard InChI is InChI=1S/C16H12NOS/c18-11-14-15(12-7-3-1-4-8-12)17-16(19-14)13-9-5-2-6-10-13/h1-10H,11H2. The number of hydrogen-bond donors (Lipinski definition) is 0. The molecule has 0 unspecified atom stereocenters. The van der Waals surface area contributed by atoms with Crippen LogP contribution in [0, 0.1) is 0 Å². The maximum absolute atomic E-state index is 11.3. The first kappa shape index (κ1) is 12.1. The van der Waals surface area contributed by atoms with E-state index in [1.807, 2.05) is 60.7 Å². The predicted octanol–water partition coefficient (Wildman–Crippen LogP) is 4.41. The van der Waals surface area contributed by atoms with Crippen molar-refractivity contribution in [3.63, 3.8) is 0 Å². The molecule has 3 rings (SSSR count). The summed E-state index contributed by atoms with van der Waals surface area (Å²) in [6.45, 7) is -0.227. The molecule has 0 aliphatic rings. The second kappa shape index (κ2) is 5.34. The van der Waals surface area contributed by atoms with Crippen LogP contribution >= 0.6 is 11.3 Å². The van der Waals surface area contributed by atoms with Gasteiger partial charge in [-0.15, -0.1) is 11.3 Å². The lowest BCUT2D eigenvalue weighted by molar-refractivity contribution is 0.181. The van der Waals surface area contributed by atoms with Crippen LogP contribution in [0.15, 0.2) is 60.7 Å². The van der Waals surface area contributed by atoms with Gasteiger partial charge in [-0.1, -0.05) is 60.7 Å². The summed E-state index contributed by atoms with van der Waals surface area (Å²) in [5.41, 5.74) is 2.88. The molecule has 0 fully saturated rings. The van der Waals surface area contributed by atoms with E-state index in [-0.39, 0.29) is 6.61 Å². The Labute approximate surface area is 116 Å². The molecule has 0 spiro atoms. The number of rotatable bonds is 3. The van der Waals surface area contributed by atoms with E-state index in [1.165, 1.54) is 11.3 Å². The molecular weight excluding hydrogens is 254 g/mol. The predicted molar refractivity (Wildman–Crippen MR) is 77.4 cm³/mol. The van der Waals surface area contributed by atoms with Crippen LogP contribution in [0.3, 0.4) is 0 Å². The largest absolute Gasteiger partial charge is 0.236 e. The molecule has 1 aromatic heterocycles. The lowest BCUT2D eigenvalue weighted by Gasteiger charge is -1.97. The third-order valence-corrected chi connectivity index (χ3v) is 3.97. The number of nitrogens with zero attached hydrogens (tertiary/aromatic N) is 1. The van der Waals surface area contributed by atoms with E-state index in [0.29, 0.717) is 0 Å². The third kappa shape index (κ3) is 2.43. The Morgan fingerprint density at radius 2 is 1.42 bits per heavy atom. The molecule has 3 aromatic rings. The van der Waals surface area contributed by atoms with Gasteiger partial charge < -0.3 is 0 Å². The van der Waals surface area contributed by atoms with Gasteiger partial charge in [-0.2, -0.15) is 0 Å². The van der Waals surface area contributed by atoms with Crippen LogP contribution in [0.1, 0.15) is 4.88 Å². The Bertz CT molecular complexity index is 662. The highest BCUT2D eigenvalue weighted by molar-refractivity contribution is 7.15. The van der Waals surface area contributed by atoms with Gasteiger partial charge in [-0.3, -0.25) is 0 Å². The number of thiazole rings is 1. The van der Waals surface area contributed by atoms with Crippen LogP contribution in [0.25, 0.3) is 21.8 Å². The molecule has 1 heterocycles. The average molecular weight is 266 g/mol. The minimum absolute atomic E-state index is 0.227. The zero-order chi connectivity index (χ0) is 13.1. The summed E-state index contributed by atoms with van der Waals surface area (Å²) in [5, 5.41) is 12.2. The van der Waals surface area contributed by atoms with E-state index in [1.54, 1.807) is 0 Å². The summed E-state index contributed by atoms with van der Waals surface area (Å²) < 4.78 is 0. The number of hydrogen-bond acceptors (Lipinski definition) is 2. The van der Waals surface area contributed by atoms with Crippen molar-refractivity contribution in [2.75, 3.05) is 0 Å². The molecule has 0 saturated heterocycles. The van der Waals surface area contributed by atoms with Crippen molar-refractivity contribution >= 4 is 11.3 Å². The third-order valence-electron chi connectivity index (χ3n) is 2.90. The minimum Gasteiger partial charge on any atom is -0.236 e. The summed E-state index contributed by atoms with van der Waals surface area (Å²) in [6, 6.07) is 19.8. The Morgan fingerprint density at radius 3 is 2.00 bits per heavy atom. The molecule has 0 amide bonds. The van der Waals surface area contributed by atoms with Gasteiger partial charge in [-0.05, 0) is 0 Å². The maximum atomic E-state index is 11.3. The van der Waals surface area contributed by atoms with E-state index < -0.39 is 0 Å². The maximum Gasteiger partial charge on any atom is 0.124 e. The van der Waals surface area contributed by atoms with Gasteiger partial charge in [-0.25, -0.2) is 10.1 Å². The molecule has 2 nitrogen and oxygen atoms in total. The van der Waals surface area contributed by atoms with E-state index in [2.05, 4.69) is 4.98 Å². The monoisotopic (exact) mass is 266 g/mol. The fourth-order valence-electron chi connectivity index (χ4n) is 1.98. The summed E-state index contributed by atoms with van der Waals surface area (Å²) in [5.74, 6) is 0. The van der Waals surface area contributed by atoms with E-state index in [0.717, 1.165) is 26.7 Å². The normalized spacial score (nSPS) is 10.6. The molecule has 3 heteroatoms. The molecule has 93 valence electrons. The van der Waals surface area contributed by atoms with Gasteiger partial charge in [0.25, 0.3) is 0 Å². The van der Waals surface area contributed by atoms with Crippen LogP contribution in [0.2, 0.25) is 0 Å². The molecule has 0 aliphatic carbocycles. The van der Waals surface area contributed by atoms with Gasteiger partial charge in [0.15, 0.2) is 0 Å². The second-order valence-electron chi connectivity index (χ2n) is 4.17. The number of benzene rings is 2. The quantitative estimate of drug-likeness (QED) is 0.691. The highest BCUT2D eigenvalue weighted by atomic mass is 32.1. The van der Waals surface area contributed by atoms with Crippen molar-refractivity contribution in [3.05, 3.63) is 65.5 Å². The Balaban J connectivity index is 2.09. The highest BCUT2D eigenvalue weighted by Gasteiger charge is 2.13. The van der Waals surface area contributed by atoms with Crippen molar-refractivity contribution < 1.29 is 5.11 Å². The first-order chi connectivity index (χ1) is 9.38. The Hall–Kier alpha value is -1.97. The fourth-order valence-corrected chi connectivity index (χ4v) is 2.92. The van der Waals surface area contributed by atoms with Crippen molar-refractivity contribution in [2.45, 2.75) is 6.61 Å². The minimum atomic E-state index is -0.227. The molecule has 0 N–H and O–H groups in total. The van der Waals surface area contributed by atoms with Gasteiger partial charge in [0.2, 0.25) is 0 Å². The first-order valence-electron chi connectivity index (χ1n) is 6.07. The van der Waals surface area contributed by atoms with Crippen molar-refractivity contribution in [2.24, 2.45) is 0 Å². The Kier molecular flexibility index (Phi) is 3.40. The molecule has 0 aliphatic heterocycles. The summed E-state index contributed by atoms with van der Waals surface area (Å²) >= 11 is 1.48. The smallest absolute Gasteiger partial charge is 0.124 e. The topological polar surface area (TPSA) is 32.8 Å². The SMILES string of the molecule is [O]Cc1sc(-c2ccccc2)nc1-c1ccccc1. The van der Waals surface area contributed by atoms with E-state index >= 15 is 0 Å². The van der Waals surface area contributed by atoms with Crippen LogP contribution in [0.4, 0.5) is 0 Å². The van der Waals surface area contributed by atoms with Crippen LogP contribution in [-0.2, 0) is 11.7 Å². The molecule has 19 heavy (non-hydrogen) atoms. The summed E-state index contributed by atoms with van der Waals surface area (Å²) in [7, 11) is 0. The molecule has 0 bridgehead atoms. The first-order valence-corrected chi connectivity index (χ1v) is 6.89. The lowest BCUT2D eigenvalue weighted by Crippen LogP contribution is -1.83. The summed E-state index contributed by atoms with van der Waals surface area (Å²) in [4.78, 5) is 5.44. The van der Waals surface area contributed by atoms with Crippen LogP contribution in [0.5, 0.6) is 0 Å². The van der Waals surface area contributed by atoms with Gasteiger partial charge in [0.1, 0.15) is 11.6 Å². The zero-order valence-electron chi connectivity index (χ0n) is 10.2. The molecule has 1 radical (unpaired) electrons. The zero-order valence-corrected chi connectivity index (χ0v) is 11.1. The van der Waals surface area contributed by atoms with Gasteiger partial charge >= 0.3 is 0 Å². The van der Waals surface area contributed by atoms with E-state index in [9.17, 15) is 5.11 Å². The number of aromatic nitrogens is 1. The van der Waals surface area contributed by atoms with Crippen molar-refractivity contribution in [3.8, 4) is 21.8 Å². The molecule has 2 aromatic carbocycles. The summed E-state index contributed by atoms with van der Waals surface area (Å²) in [6.07, 6.45) is 0. The van der Waals surface area contributed by atoms with Crippen LogP contribution in [-0.4, -0.2) is 4.98 Å². The average Bonchev–Trinajstić information content (AvgIpc) is 2.93. The van der Waals surface area contributed by atoms with Gasteiger partial charge in [0.05, 0.1) is 10.6 Å². The van der Waals surface area contributed by atoms with E-state index in [4.69, 9.17) is 0 Å². The lowest BCUT2D eigenvalue weighted by atomic mass is 10.1. The van der Waals surface area contributed by atoms with Crippen molar-refractivity contribution in [1.29, 1.82) is 0 Å². The second-order valence-corrected chi connectivity index (χ2v) is 5.25.